The summed E-state index contributed by atoms with van der Waals surface area (Å²) < 4.78 is 46.1. The van der Waals surface area contributed by atoms with Gasteiger partial charge in [-0.25, -0.2) is 0 Å². The molecule has 2 nitrogen and oxygen atoms in total. The number of halogens is 4. The average Bonchev–Trinajstić information content (AvgIpc) is 2.67. The molecule has 0 aliphatic carbocycles. The van der Waals surface area contributed by atoms with E-state index in [-0.39, 0.29) is 11.9 Å². The van der Waals surface area contributed by atoms with Crippen molar-refractivity contribution in [2.45, 2.75) is 31.8 Å². The molecule has 0 radical (unpaired) electrons. The average molecular weight is 337 g/mol. The largest absolute Gasteiger partial charge is 0.455 e. The Morgan fingerprint density at radius 3 is 2.42 bits per heavy atom. The van der Waals surface area contributed by atoms with Crippen LogP contribution in [0, 0.1) is 0 Å². The van der Waals surface area contributed by atoms with Crippen LogP contribution in [0.4, 0.5) is 13.2 Å². The van der Waals surface area contributed by atoms with Crippen molar-refractivity contribution in [2.24, 2.45) is 0 Å². The van der Waals surface area contributed by atoms with Crippen LogP contribution in [-0.2, 0) is 11.3 Å². The molecule has 0 fully saturated rings. The molecule has 0 saturated carbocycles. The summed E-state index contributed by atoms with van der Waals surface area (Å²) >= 11 is 3.08. The van der Waals surface area contributed by atoms with Crippen LogP contribution in [0.15, 0.2) is 30.3 Å². The fourth-order valence-electron chi connectivity index (χ4n) is 2.24. The minimum atomic E-state index is -4.31. The van der Waals surface area contributed by atoms with Gasteiger partial charge >= 0.3 is 12.1 Å². The van der Waals surface area contributed by atoms with Gasteiger partial charge in [0.05, 0.1) is 6.92 Å². The van der Waals surface area contributed by atoms with E-state index in [1.807, 2.05) is 30.3 Å². The van der Waals surface area contributed by atoms with Gasteiger partial charge in [-0.1, -0.05) is 46.3 Å². The monoisotopic (exact) mass is 336 g/mol. The Kier molecular flexibility index (Phi) is 4.18. The van der Waals surface area contributed by atoms with Crippen molar-refractivity contribution in [2.75, 3.05) is 5.33 Å². The minimum absolute atomic E-state index is 0.153. The SMILES string of the molecule is CC1=[N+](Cc2ccccc2)[C@@H](C(F)(F)F)[C@H](CBr)O1. The lowest BCUT2D eigenvalue weighted by Crippen LogP contribution is -2.45. The molecular formula is C13H14BrF3NO+. The van der Waals surface area contributed by atoms with Gasteiger partial charge in [-0.05, 0) is 0 Å². The van der Waals surface area contributed by atoms with E-state index in [9.17, 15) is 13.2 Å². The van der Waals surface area contributed by atoms with Crippen molar-refractivity contribution in [1.82, 2.24) is 0 Å². The Hall–Kier alpha value is -1.04. The van der Waals surface area contributed by atoms with Crippen molar-refractivity contribution >= 4 is 21.8 Å². The molecule has 1 aromatic rings. The third-order valence-corrected chi connectivity index (χ3v) is 3.74. The number of alkyl halides is 4. The van der Waals surface area contributed by atoms with Crippen LogP contribution in [0.25, 0.3) is 0 Å². The summed E-state index contributed by atoms with van der Waals surface area (Å²) in [6.07, 6.45) is -5.21. The Bertz CT molecular complexity index is 473. The highest BCUT2D eigenvalue weighted by Crippen LogP contribution is 2.32. The van der Waals surface area contributed by atoms with Crippen molar-refractivity contribution < 1.29 is 22.5 Å². The Labute approximate surface area is 118 Å². The van der Waals surface area contributed by atoms with Gasteiger partial charge in [0.15, 0.2) is 12.6 Å². The van der Waals surface area contributed by atoms with Gasteiger partial charge in [0.1, 0.15) is 0 Å². The highest BCUT2D eigenvalue weighted by Gasteiger charge is 2.58. The molecule has 6 heteroatoms. The quantitative estimate of drug-likeness (QED) is 0.609. The molecule has 2 atom stereocenters. The Morgan fingerprint density at radius 1 is 1.26 bits per heavy atom. The molecule has 0 bridgehead atoms. The second-order valence-corrected chi connectivity index (χ2v) is 5.08. The summed E-state index contributed by atoms with van der Waals surface area (Å²) in [6.45, 7) is 1.77. The molecule has 19 heavy (non-hydrogen) atoms. The van der Waals surface area contributed by atoms with E-state index in [1.54, 1.807) is 6.92 Å². The van der Waals surface area contributed by atoms with Gasteiger partial charge in [0.25, 0.3) is 6.04 Å². The molecule has 0 unspecified atom stereocenters. The number of rotatable bonds is 3. The normalized spacial score (nSPS) is 23.6. The standard InChI is InChI=1S/C13H14BrF3NO/c1-9-18(8-10-5-3-2-4-6-10)12(13(15,16)17)11(7-14)19-9/h2-6,11-12H,7-8H2,1H3/q+1/t11-,12+/m0/s1. The molecule has 0 spiro atoms. The molecular weight excluding hydrogens is 323 g/mol. The van der Waals surface area contributed by atoms with E-state index < -0.39 is 18.3 Å². The van der Waals surface area contributed by atoms with Crippen molar-refractivity contribution in [3.63, 3.8) is 0 Å². The number of ether oxygens (including phenoxy) is 1. The first kappa shape index (κ1) is 14.4. The van der Waals surface area contributed by atoms with Gasteiger partial charge in [-0.15, -0.1) is 0 Å². The van der Waals surface area contributed by atoms with E-state index in [0.29, 0.717) is 5.90 Å². The number of hydrogen-bond acceptors (Lipinski definition) is 1. The molecule has 1 aliphatic rings. The Morgan fingerprint density at radius 2 is 1.89 bits per heavy atom. The van der Waals surface area contributed by atoms with Gasteiger partial charge in [-0.3, -0.25) is 0 Å². The lowest BCUT2D eigenvalue weighted by molar-refractivity contribution is -0.607. The molecule has 1 aliphatic heterocycles. The predicted molar refractivity (Wildman–Crippen MR) is 69.6 cm³/mol. The summed E-state index contributed by atoms with van der Waals surface area (Å²) in [5.74, 6) is 0.315. The van der Waals surface area contributed by atoms with E-state index in [1.165, 1.54) is 4.58 Å². The minimum Gasteiger partial charge on any atom is -0.437 e. The van der Waals surface area contributed by atoms with Crippen molar-refractivity contribution in [3.8, 4) is 0 Å². The van der Waals surface area contributed by atoms with E-state index in [2.05, 4.69) is 15.9 Å². The second kappa shape index (κ2) is 5.53. The molecule has 1 aromatic carbocycles. The van der Waals surface area contributed by atoms with Crippen molar-refractivity contribution in [3.05, 3.63) is 35.9 Å². The van der Waals surface area contributed by atoms with Gasteiger partial charge in [0, 0.05) is 10.9 Å². The molecule has 0 saturated heterocycles. The lowest BCUT2D eigenvalue weighted by atomic mass is 10.1. The van der Waals surface area contributed by atoms with Gasteiger partial charge in [-0.2, -0.15) is 17.7 Å². The topological polar surface area (TPSA) is 12.2 Å². The lowest BCUT2D eigenvalue weighted by Gasteiger charge is -2.17. The van der Waals surface area contributed by atoms with Crippen LogP contribution >= 0.6 is 15.9 Å². The maximum Gasteiger partial charge on any atom is 0.455 e. The highest BCUT2D eigenvalue weighted by atomic mass is 79.9. The molecule has 104 valence electrons. The van der Waals surface area contributed by atoms with E-state index >= 15 is 0 Å². The zero-order chi connectivity index (χ0) is 14.0. The van der Waals surface area contributed by atoms with Crippen LogP contribution < -0.4 is 0 Å². The van der Waals surface area contributed by atoms with Gasteiger partial charge < -0.3 is 4.74 Å². The third kappa shape index (κ3) is 3.11. The smallest absolute Gasteiger partial charge is 0.437 e. The summed E-state index contributed by atoms with van der Waals surface area (Å²) in [5.41, 5.74) is 0.829. The number of hydrogen-bond donors (Lipinski definition) is 0. The van der Waals surface area contributed by atoms with Crippen LogP contribution in [0.1, 0.15) is 12.5 Å². The van der Waals surface area contributed by atoms with E-state index in [4.69, 9.17) is 4.74 Å². The molecule has 0 aromatic heterocycles. The highest BCUT2D eigenvalue weighted by molar-refractivity contribution is 9.09. The van der Waals surface area contributed by atoms with Crippen LogP contribution in [-0.4, -0.2) is 34.1 Å². The summed E-state index contributed by atoms with van der Waals surface area (Å²) in [4.78, 5) is 0. The Balaban J connectivity index is 2.28. The maximum atomic E-state index is 13.2. The summed E-state index contributed by atoms with van der Waals surface area (Å²) in [6, 6.07) is 7.47. The maximum absolute atomic E-state index is 13.2. The van der Waals surface area contributed by atoms with E-state index in [0.717, 1.165) is 5.56 Å². The zero-order valence-corrected chi connectivity index (χ0v) is 11.9. The van der Waals surface area contributed by atoms with Crippen molar-refractivity contribution in [1.29, 1.82) is 0 Å². The molecule has 2 rings (SSSR count). The number of nitrogens with zero attached hydrogens (tertiary/aromatic N) is 1. The van der Waals surface area contributed by atoms with Crippen LogP contribution in [0.5, 0.6) is 0 Å². The number of benzene rings is 1. The first-order valence-electron chi connectivity index (χ1n) is 5.87. The molecule has 0 amide bonds. The zero-order valence-electron chi connectivity index (χ0n) is 10.3. The first-order chi connectivity index (χ1) is 8.93. The van der Waals surface area contributed by atoms with Crippen LogP contribution in [0.2, 0.25) is 0 Å². The third-order valence-electron chi connectivity index (χ3n) is 3.10. The fourth-order valence-corrected chi connectivity index (χ4v) is 2.73. The summed E-state index contributed by atoms with van der Waals surface area (Å²) in [7, 11) is 0. The fraction of sp³-hybridized carbons (Fsp3) is 0.462. The second-order valence-electron chi connectivity index (χ2n) is 4.43. The predicted octanol–water partition coefficient (Wildman–Crippen LogP) is 3.34. The first-order valence-corrected chi connectivity index (χ1v) is 6.99. The summed E-state index contributed by atoms with van der Waals surface area (Å²) in [5, 5.41) is 0.153. The van der Waals surface area contributed by atoms with Crippen LogP contribution in [0.3, 0.4) is 0 Å². The molecule has 1 heterocycles. The molecule has 0 N–H and O–H groups in total. The van der Waals surface area contributed by atoms with Gasteiger partial charge in [0.2, 0.25) is 0 Å².